The summed E-state index contributed by atoms with van der Waals surface area (Å²) in [5.41, 5.74) is 0.587. The Bertz CT molecular complexity index is 1660. The molecule has 5 rings (SSSR count). The number of aromatic nitrogens is 2. The van der Waals surface area contributed by atoms with Gasteiger partial charge in [0.15, 0.2) is 5.69 Å². The number of rotatable bonds is 7. The smallest absolute Gasteiger partial charge is 0.276 e. The van der Waals surface area contributed by atoms with E-state index in [0.717, 1.165) is 0 Å². The number of carbonyl (C=O) groups is 1. The van der Waals surface area contributed by atoms with Gasteiger partial charge in [0.05, 0.1) is 37.1 Å². The molecule has 0 radical (unpaired) electrons. The van der Waals surface area contributed by atoms with Gasteiger partial charge >= 0.3 is 0 Å². The van der Waals surface area contributed by atoms with Crippen LogP contribution in [0.25, 0.3) is 10.8 Å². The van der Waals surface area contributed by atoms with E-state index in [2.05, 4.69) is 20.2 Å². The Hall–Kier alpha value is -4.42. The number of hydrogen-bond donors (Lipinski definition) is 3. The molecule has 1 amide bonds. The summed E-state index contributed by atoms with van der Waals surface area (Å²) < 4.78 is 40.7. The number of H-pyrrole nitrogens is 1. The third-order valence-corrected chi connectivity index (χ3v) is 7.52. The second-order valence-electron chi connectivity index (χ2n) is 8.49. The third-order valence-electron chi connectivity index (χ3n) is 6.12. The van der Waals surface area contributed by atoms with Crippen molar-refractivity contribution in [1.29, 1.82) is 0 Å². The van der Waals surface area contributed by atoms with Gasteiger partial charge in [0.2, 0.25) is 0 Å². The number of anilines is 3. The molecular formula is C26H25N5O6S. The lowest BCUT2D eigenvalue weighted by molar-refractivity contribution is 0.102. The molecule has 1 aliphatic heterocycles. The second kappa shape index (κ2) is 10.5. The van der Waals surface area contributed by atoms with Gasteiger partial charge in [0.25, 0.3) is 21.5 Å². The molecule has 0 bridgehead atoms. The van der Waals surface area contributed by atoms with Gasteiger partial charge in [-0.05, 0) is 36.4 Å². The maximum Gasteiger partial charge on any atom is 0.276 e. The molecule has 1 fully saturated rings. The molecule has 0 aliphatic carbocycles. The number of amides is 1. The molecule has 12 heteroatoms. The predicted octanol–water partition coefficient (Wildman–Crippen LogP) is 2.82. The van der Waals surface area contributed by atoms with Crippen molar-refractivity contribution in [3.05, 3.63) is 82.8 Å². The van der Waals surface area contributed by atoms with E-state index in [1.54, 1.807) is 60.7 Å². The fourth-order valence-corrected chi connectivity index (χ4v) is 5.60. The predicted molar refractivity (Wildman–Crippen MR) is 144 cm³/mol. The Balaban J connectivity index is 1.53. The summed E-state index contributed by atoms with van der Waals surface area (Å²) in [5.74, 6) is -0.234. The van der Waals surface area contributed by atoms with Crippen LogP contribution in [0, 0.1) is 0 Å². The number of benzene rings is 3. The van der Waals surface area contributed by atoms with E-state index in [0.29, 0.717) is 48.5 Å². The van der Waals surface area contributed by atoms with Crippen LogP contribution in [0.5, 0.6) is 5.75 Å². The van der Waals surface area contributed by atoms with Gasteiger partial charge in [-0.25, -0.2) is 13.5 Å². The quantitative estimate of drug-likeness (QED) is 0.328. The Morgan fingerprint density at radius 3 is 2.50 bits per heavy atom. The molecule has 4 aromatic rings. The lowest BCUT2D eigenvalue weighted by atomic mass is 10.1. The minimum absolute atomic E-state index is 0.00834. The van der Waals surface area contributed by atoms with Gasteiger partial charge < -0.3 is 19.7 Å². The van der Waals surface area contributed by atoms with Crippen molar-refractivity contribution in [2.24, 2.45) is 0 Å². The number of para-hydroxylation sites is 2. The summed E-state index contributed by atoms with van der Waals surface area (Å²) in [6.45, 7) is 1.94. The normalized spacial score (nSPS) is 13.8. The zero-order valence-corrected chi connectivity index (χ0v) is 21.2. The van der Waals surface area contributed by atoms with Crippen molar-refractivity contribution in [2.45, 2.75) is 4.90 Å². The van der Waals surface area contributed by atoms with E-state index in [-0.39, 0.29) is 22.0 Å². The summed E-state index contributed by atoms with van der Waals surface area (Å²) in [6.07, 6.45) is 0. The maximum atomic E-state index is 13.7. The van der Waals surface area contributed by atoms with Crippen molar-refractivity contribution in [1.82, 2.24) is 10.2 Å². The zero-order valence-electron chi connectivity index (χ0n) is 20.4. The van der Waals surface area contributed by atoms with Crippen molar-refractivity contribution in [3.63, 3.8) is 0 Å². The highest BCUT2D eigenvalue weighted by Gasteiger charge is 2.26. The fourth-order valence-electron chi connectivity index (χ4n) is 4.28. The highest BCUT2D eigenvalue weighted by Crippen LogP contribution is 2.33. The summed E-state index contributed by atoms with van der Waals surface area (Å²) in [4.78, 5) is 27.2. The van der Waals surface area contributed by atoms with Crippen LogP contribution in [-0.2, 0) is 14.8 Å². The zero-order chi connectivity index (χ0) is 26.7. The van der Waals surface area contributed by atoms with E-state index < -0.39 is 21.5 Å². The second-order valence-corrected chi connectivity index (χ2v) is 10.1. The number of sulfonamides is 1. The average molecular weight is 536 g/mol. The van der Waals surface area contributed by atoms with Crippen LogP contribution in [0.15, 0.2) is 76.4 Å². The molecule has 1 saturated heterocycles. The van der Waals surface area contributed by atoms with E-state index in [1.165, 1.54) is 13.2 Å². The Morgan fingerprint density at radius 1 is 1.03 bits per heavy atom. The third kappa shape index (κ3) is 5.04. The minimum Gasteiger partial charge on any atom is -0.495 e. The Labute approximate surface area is 218 Å². The highest BCUT2D eigenvalue weighted by atomic mass is 32.2. The van der Waals surface area contributed by atoms with E-state index in [4.69, 9.17) is 9.47 Å². The first-order chi connectivity index (χ1) is 18.4. The number of aromatic amines is 1. The molecule has 38 heavy (non-hydrogen) atoms. The SMILES string of the molecule is COc1ccccc1NS(=O)(=O)c1cc(NC(=O)c2n[nH]c(=O)c3ccccc23)ccc1N1CCOCC1. The van der Waals surface area contributed by atoms with Crippen LogP contribution in [0.1, 0.15) is 10.5 Å². The molecule has 11 nitrogen and oxygen atoms in total. The lowest BCUT2D eigenvalue weighted by Gasteiger charge is -2.30. The Morgan fingerprint density at radius 2 is 1.74 bits per heavy atom. The van der Waals surface area contributed by atoms with E-state index >= 15 is 0 Å². The number of hydrogen-bond acceptors (Lipinski definition) is 8. The van der Waals surface area contributed by atoms with Gasteiger partial charge in [-0.1, -0.05) is 30.3 Å². The van der Waals surface area contributed by atoms with Crippen LogP contribution < -0.4 is 25.2 Å². The molecule has 3 aromatic carbocycles. The molecule has 0 unspecified atom stereocenters. The number of morpholine rings is 1. The van der Waals surface area contributed by atoms with E-state index in [1.807, 2.05) is 4.90 Å². The summed E-state index contributed by atoms with van der Waals surface area (Å²) in [5, 5.41) is 9.67. The average Bonchev–Trinajstić information content (AvgIpc) is 2.94. The number of methoxy groups -OCH3 is 1. The number of nitrogens with zero attached hydrogens (tertiary/aromatic N) is 2. The van der Waals surface area contributed by atoms with Gasteiger partial charge in [-0.15, -0.1) is 0 Å². The van der Waals surface area contributed by atoms with Crippen LogP contribution >= 0.6 is 0 Å². The van der Waals surface area contributed by atoms with Crippen LogP contribution in [-0.4, -0.2) is 57.9 Å². The van der Waals surface area contributed by atoms with Crippen molar-refractivity contribution in [3.8, 4) is 5.75 Å². The fraction of sp³-hybridized carbons (Fsp3) is 0.192. The standard InChI is InChI=1S/C26H25N5O6S/c1-36-22-9-5-4-8-20(22)30-38(34,35)23-16-17(10-11-21(23)31-12-14-37-15-13-31)27-26(33)24-18-6-2-3-7-19(18)25(32)29-28-24/h2-11,16,30H,12-15H2,1H3,(H,27,33)(H,29,32). The monoisotopic (exact) mass is 535 g/mol. The molecule has 3 N–H and O–H groups in total. The molecule has 0 saturated carbocycles. The lowest BCUT2D eigenvalue weighted by Crippen LogP contribution is -2.37. The summed E-state index contributed by atoms with van der Waals surface area (Å²) in [6, 6.07) is 18.0. The van der Waals surface area contributed by atoms with Crippen molar-refractivity contribution >= 4 is 43.8 Å². The summed E-state index contributed by atoms with van der Waals surface area (Å²) >= 11 is 0. The Kier molecular flexibility index (Phi) is 6.99. The van der Waals surface area contributed by atoms with Gasteiger partial charge in [0, 0.05) is 24.2 Å². The first-order valence-electron chi connectivity index (χ1n) is 11.8. The summed E-state index contributed by atoms with van der Waals surface area (Å²) in [7, 11) is -2.66. The molecule has 0 atom stereocenters. The molecule has 1 aliphatic rings. The van der Waals surface area contributed by atoms with Gasteiger partial charge in [-0.2, -0.15) is 5.10 Å². The first kappa shape index (κ1) is 25.2. The maximum absolute atomic E-state index is 13.7. The molecule has 2 heterocycles. The molecule has 0 spiro atoms. The molecule has 196 valence electrons. The van der Waals surface area contributed by atoms with E-state index in [9.17, 15) is 18.0 Å². The minimum atomic E-state index is -4.12. The largest absolute Gasteiger partial charge is 0.495 e. The van der Waals surface area contributed by atoms with Crippen molar-refractivity contribution < 1.29 is 22.7 Å². The van der Waals surface area contributed by atoms with Gasteiger partial charge in [-0.3, -0.25) is 14.3 Å². The number of nitrogens with one attached hydrogen (secondary N) is 3. The number of carbonyl (C=O) groups excluding carboxylic acids is 1. The number of fused-ring (bicyclic) bond motifs is 1. The topological polar surface area (TPSA) is 143 Å². The number of ether oxygens (including phenoxy) is 2. The van der Waals surface area contributed by atoms with Crippen molar-refractivity contribution in [2.75, 3.05) is 48.4 Å². The van der Waals surface area contributed by atoms with Crippen LogP contribution in [0.2, 0.25) is 0 Å². The van der Waals surface area contributed by atoms with Crippen LogP contribution in [0.3, 0.4) is 0 Å². The highest BCUT2D eigenvalue weighted by molar-refractivity contribution is 7.93. The molecular weight excluding hydrogens is 510 g/mol. The van der Waals surface area contributed by atoms with Crippen LogP contribution in [0.4, 0.5) is 17.1 Å². The molecule has 1 aromatic heterocycles. The van der Waals surface area contributed by atoms with Gasteiger partial charge in [0.1, 0.15) is 10.6 Å². The first-order valence-corrected chi connectivity index (χ1v) is 13.3.